The molecule has 3 rings (SSSR count). The van der Waals surface area contributed by atoms with Crippen molar-refractivity contribution in [1.82, 2.24) is 0 Å². The van der Waals surface area contributed by atoms with Crippen LogP contribution >= 0.6 is 0 Å². The highest BCUT2D eigenvalue weighted by Crippen LogP contribution is 2.31. The van der Waals surface area contributed by atoms with Crippen molar-refractivity contribution in [3.05, 3.63) is 53.6 Å². The molecule has 28 heavy (non-hydrogen) atoms. The molecule has 2 amide bonds. The Kier molecular flexibility index (Phi) is 6.66. The van der Waals surface area contributed by atoms with Crippen LogP contribution in [0.5, 0.6) is 5.75 Å². The van der Waals surface area contributed by atoms with Crippen LogP contribution in [0, 0.1) is 12.8 Å². The Bertz CT molecular complexity index is 829. The maximum atomic E-state index is 12.6. The van der Waals surface area contributed by atoms with E-state index in [0.717, 1.165) is 24.1 Å². The van der Waals surface area contributed by atoms with Gasteiger partial charge in [0, 0.05) is 29.5 Å². The van der Waals surface area contributed by atoms with Crippen molar-refractivity contribution in [2.75, 3.05) is 30.5 Å². The fourth-order valence-corrected chi connectivity index (χ4v) is 2.75. The normalized spacial score (nSPS) is 13.1. The molecule has 0 radical (unpaired) electrons. The number of benzene rings is 2. The number of carbonyl (C=O) groups excluding carboxylic acids is 2. The minimum Gasteiger partial charge on any atom is -0.491 e. The van der Waals surface area contributed by atoms with Crippen LogP contribution in [0.2, 0.25) is 0 Å². The predicted octanol–water partition coefficient (Wildman–Crippen LogP) is 4.01. The van der Waals surface area contributed by atoms with Crippen LogP contribution in [0.15, 0.2) is 42.5 Å². The molecule has 2 aromatic rings. The van der Waals surface area contributed by atoms with E-state index in [1.54, 1.807) is 24.3 Å². The summed E-state index contributed by atoms with van der Waals surface area (Å²) < 4.78 is 10.8. The van der Waals surface area contributed by atoms with Gasteiger partial charge in [-0.05, 0) is 68.7 Å². The zero-order valence-electron chi connectivity index (χ0n) is 16.3. The lowest BCUT2D eigenvalue weighted by Crippen LogP contribution is -2.16. The lowest BCUT2D eigenvalue weighted by atomic mass is 10.1. The molecule has 0 saturated heterocycles. The van der Waals surface area contributed by atoms with Gasteiger partial charge in [0.1, 0.15) is 12.4 Å². The molecule has 0 unspecified atom stereocenters. The smallest absolute Gasteiger partial charge is 0.255 e. The van der Waals surface area contributed by atoms with Crippen LogP contribution in [0.4, 0.5) is 11.4 Å². The molecule has 1 saturated carbocycles. The summed E-state index contributed by atoms with van der Waals surface area (Å²) in [7, 11) is 0. The number of rotatable bonds is 9. The SMILES string of the molecule is CCOCCOc1ccc(C(=O)Nc2cccc(NC(=O)C3CC3)c2C)cc1. The van der Waals surface area contributed by atoms with E-state index in [2.05, 4.69) is 10.6 Å². The number of hydrogen-bond acceptors (Lipinski definition) is 4. The summed E-state index contributed by atoms with van der Waals surface area (Å²) >= 11 is 0. The maximum absolute atomic E-state index is 12.6. The van der Waals surface area contributed by atoms with E-state index in [-0.39, 0.29) is 17.7 Å². The summed E-state index contributed by atoms with van der Waals surface area (Å²) in [5, 5.41) is 5.86. The zero-order valence-corrected chi connectivity index (χ0v) is 16.3. The van der Waals surface area contributed by atoms with Gasteiger partial charge < -0.3 is 20.1 Å². The largest absolute Gasteiger partial charge is 0.491 e. The lowest BCUT2D eigenvalue weighted by molar-refractivity contribution is -0.117. The van der Waals surface area contributed by atoms with Crippen molar-refractivity contribution < 1.29 is 19.1 Å². The summed E-state index contributed by atoms with van der Waals surface area (Å²) in [6, 6.07) is 12.5. The monoisotopic (exact) mass is 382 g/mol. The molecule has 2 N–H and O–H groups in total. The van der Waals surface area contributed by atoms with E-state index in [9.17, 15) is 9.59 Å². The van der Waals surface area contributed by atoms with Gasteiger partial charge in [-0.3, -0.25) is 9.59 Å². The molecule has 148 valence electrons. The molecule has 6 heteroatoms. The number of anilines is 2. The number of amides is 2. The zero-order chi connectivity index (χ0) is 19.9. The molecule has 0 atom stereocenters. The van der Waals surface area contributed by atoms with Gasteiger partial charge in [-0.25, -0.2) is 0 Å². The number of nitrogens with one attached hydrogen (secondary N) is 2. The molecular weight excluding hydrogens is 356 g/mol. The summed E-state index contributed by atoms with van der Waals surface area (Å²) in [4.78, 5) is 24.6. The third kappa shape index (κ3) is 5.33. The van der Waals surface area contributed by atoms with Gasteiger partial charge in [0.15, 0.2) is 0 Å². The lowest BCUT2D eigenvalue weighted by Gasteiger charge is -2.13. The first-order valence-corrected chi connectivity index (χ1v) is 9.61. The van der Waals surface area contributed by atoms with E-state index < -0.39 is 0 Å². The first-order valence-electron chi connectivity index (χ1n) is 9.61. The van der Waals surface area contributed by atoms with Gasteiger partial charge >= 0.3 is 0 Å². The molecule has 2 aromatic carbocycles. The number of ether oxygens (including phenoxy) is 2. The average molecular weight is 382 g/mol. The highest BCUT2D eigenvalue weighted by atomic mass is 16.5. The average Bonchev–Trinajstić information content (AvgIpc) is 3.54. The van der Waals surface area contributed by atoms with E-state index in [1.807, 2.05) is 32.0 Å². The van der Waals surface area contributed by atoms with Gasteiger partial charge in [-0.1, -0.05) is 6.07 Å². The highest BCUT2D eigenvalue weighted by Gasteiger charge is 2.29. The quantitative estimate of drug-likeness (QED) is 0.643. The van der Waals surface area contributed by atoms with Crippen molar-refractivity contribution in [3.8, 4) is 5.75 Å². The Hall–Kier alpha value is -2.86. The fraction of sp³-hybridized carbons (Fsp3) is 0.364. The van der Waals surface area contributed by atoms with Crippen LogP contribution in [0.1, 0.15) is 35.7 Å². The second-order valence-corrected chi connectivity index (χ2v) is 6.77. The summed E-state index contributed by atoms with van der Waals surface area (Å²) in [5.41, 5.74) is 2.77. The van der Waals surface area contributed by atoms with Crippen molar-refractivity contribution in [3.63, 3.8) is 0 Å². The number of carbonyl (C=O) groups is 2. The minimum atomic E-state index is -0.213. The Labute approximate surface area is 165 Å². The van der Waals surface area contributed by atoms with Crippen LogP contribution < -0.4 is 15.4 Å². The molecule has 0 spiro atoms. The minimum absolute atomic E-state index is 0.0477. The standard InChI is InChI=1S/C22H26N2O4/c1-3-27-13-14-28-18-11-9-17(10-12-18)22(26)24-20-6-4-5-19(15(20)2)23-21(25)16-7-8-16/h4-6,9-12,16H,3,7-8,13-14H2,1-2H3,(H,23,25)(H,24,26). The Morgan fingerprint density at radius 3 is 2.32 bits per heavy atom. The van der Waals surface area contributed by atoms with Crippen molar-refractivity contribution in [1.29, 1.82) is 0 Å². The van der Waals surface area contributed by atoms with Crippen LogP contribution in [0.3, 0.4) is 0 Å². The summed E-state index contributed by atoms with van der Waals surface area (Å²) in [6.07, 6.45) is 1.90. The van der Waals surface area contributed by atoms with Crippen molar-refractivity contribution in [2.45, 2.75) is 26.7 Å². The molecule has 0 aromatic heterocycles. The number of hydrogen-bond donors (Lipinski definition) is 2. The van der Waals surface area contributed by atoms with E-state index in [1.165, 1.54) is 0 Å². The van der Waals surface area contributed by atoms with Gasteiger partial charge in [-0.2, -0.15) is 0 Å². The summed E-state index contributed by atoms with van der Waals surface area (Å²) in [6.45, 7) is 5.48. The molecule has 6 nitrogen and oxygen atoms in total. The van der Waals surface area contributed by atoms with Gasteiger partial charge in [0.05, 0.1) is 6.61 Å². The highest BCUT2D eigenvalue weighted by molar-refractivity contribution is 6.05. The second-order valence-electron chi connectivity index (χ2n) is 6.77. The molecule has 0 bridgehead atoms. The molecule has 0 heterocycles. The predicted molar refractivity (Wildman–Crippen MR) is 109 cm³/mol. The molecule has 1 fully saturated rings. The first kappa shape index (κ1) is 19.9. The van der Waals surface area contributed by atoms with Gasteiger partial charge in [0.25, 0.3) is 5.91 Å². The third-order valence-corrected chi connectivity index (χ3v) is 4.61. The Morgan fingerprint density at radius 1 is 1.00 bits per heavy atom. The molecular formula is C22H26N2O4. The molecule has 1 aliphatic carbocycles. The fourth-order valence-electron chi connectivity index (χ4n) is 2.75. The van der Waals surface area contributed by atoms with Crippen LogP contribution in [0.25, 0.3) is 0 Å². The van der Waals surface area contributed by atoms with Gasteiger partial charge in [-0.15, -0.1) is 0 Å². The molecule has 0 aliphatic heterocycles. The maximum Gasteiger partial charge on any atom is 0.255 e. The Morgan fingerprint density at radius 2 is 1.68 bits per heavy atom. The topological polar surface area (TPSA) is 76.7 Å². The third-order valence-electron chi connectivity index (χ3n) is 4.61. The van der Waals surface area contributed by atoms with Crippen LogP contribution in [-0.4, -0.2) is 31.6 Å². The van der Waals surface area contributed by atoms with Crippen LogP contribution in [-0.2, 0) is 9.53 Å². The summed E-state index contributed by atoms with van der Waals surface area (Å²) in [5.74, 6) is 0.658. The van der Waals surface area contributed by atoms with E-state index in [0.29, 0.717) is 36.8 Å². The van der Waals surface area contributed by atoms with Crippen molar-refractivity contribution >= 4 is 23.2 Å². The van der Waals surface area contributed by atoms with E-state index in [4.69, 9.17) is 9.47 Å². The van der Waals surface area contributed by atoms with E-state index >= 15 is 0 Å². The van der Waals surface area contributed by atoms with Crippen molar-refractivity contribution in [2.24, 2.45) is 5.92 Å². The van der Waals surface area contributed by atoms with Gasteiger partial charge in [0.2, 0.25) is 5.91 Å². The Balaban J connectivity index is 1.60. The molecule has 1 aliphatic rings. The second kappa shape index (κ2) is 9.37. The first-order chi connectivity index (χ1) is 13.6.